The standard InChI is InChI=1S/C17H14BrClO/c18-16-10-14(19)6-7-15(16)17(20)9-11-4-5-12-2-1-3-13(12)8-11/h4-8,10H,1-3,9H2. The minimum atomic E-state index is 0.117. The van der Waals surface area contributed by atoms with Crippen LogP contribution >= 0.6 is 27.5 Å². The molecular weight excluding hydrogens is 336 g/mol. The Labute approximate surface area is 132 Å². The summed E-state index contributed by atoms with van der Waals surface area (Å²) in [4.78, 5) is 12.4. The van der Waals surface area contributed by atoms with Gasteiger partial charge in [-0.3, -0.25) is 4.79 Å². The zero-order chi connectivity index (χ0) is 14.1. The highest BCUT2D eigenvalue weighted by atomic mass is 79.9. The van der Waals surface area contributed by atoms with E-state index in [0.717, 1.165) is 16.5 Å². The first-order valence-electron chi connectivity index (χ1n) is 6.72. The average Bonchev–Trinajstić information content (AvgIpc) is 2.85. The lowest BCUT2D eigenvalue weighted by molar-refractivity contribution is 0.0992. The molecule has 1 aliphatic carbocycles. The molecule has 0 heterocycles. The molecule has 0 amide bonds. The summed E-state index contributed by atoms with van der Waals surface area (Å²) < 4.78 is 0.760. The molecule has 0 bridgehead atoms. The Morgan fingerprint density at radius 1 is 1.10 bits per heavy atom. The van der Waals surface area contributed by atoms with Gasteiger partial charge >= 0.3 is 0 Å². The fourth-order valence-electron chi connectivity index (χ4n) is 2.73. The van der Waals surface area contributed by atoms with E-state index in [1.807, 2.05) is 0 Å². The Kier molecular flexibility index (Phi) is 3.95. The van der Waals surface area contributed by atoms with Crippen LogP contribution in [0, 0.1) is 0 Å². The number of hydrogen-bond acceptors (Lipinski definition) is 1. The lowest BCUT2D eigenvalue weighted by Gasteiger charge is -2.06. The number of hydrogen-bond donors (Lipinski definition) is 0. The van der Waals surface area contributed by atoms with Crippen molar-refractivity contribution < 1.29 is 4.79 Å². The minimum absolute atomic E-state index is 0.117. The van der Waals surface area contributed by atoms with Crippen LogP contribution in [0.2, 0.25) is 5.02 Å². The number of carbonyl (C=O) groups is 1. The summed E-state index contributed by atoms with van der Waals surface area (Å²) in [5, 5.41) is 0.631. The largest absolute Gasteiger partial charge is 0.294 e. The first-order chi connectivity index (χ1) is 9.63. The SMILES string of the molecule is O=C(Cc1ccc2c(c1)CCC2)c1ccc(Cl)cc1Br. The first-order valence-corrected chi connectivity index (χ1v) is 7.89. The molecule has 0 unspecified atom stereocenters. The number of halogens is 2. The summed E-state index contributed by atoms with van der Waals surface area (Å²) in [5.41, 5.74) is 4.63. The van der Waals surface area contributed by atoms with Crippen molar-refractivity contribution in [2.45, 2.75) is 25.7 Å². The van der Waals surface area contributed by atoms with Gasteiger partial charge in [0.1, 0.15) is 0 Å². The molecule has 3 rings (SSSR count). The predicted molar refractivity (Wildman–Crippen MR) is 85.7 cm³/mol. The molecule has 0 saturated heterocycles. The number of Topliss-reactive ketones (excluding diaryl/α,β-unsaturated/α-hetero) is 1. The van der Waals surface area contributed by atoms with Crippen molar-refractivity contribution in [2.24, 2.45) is 0 Å². The lowest BCUT2D eigenvalue weighted by Crippen LogP contribution is -2.05. The Balaban J connectivity index is 1.82. The van der Waals surface area contributed by atoms with Crippen LogP contribution in [-0.2, 0) is 19.3 Å². The number of ketones is 1. The second kappa shape index (κ2) is 5.71. The molecule has 1 nitrogen and oxygen atoms in total. The van der Waals surface area contributed by atoms with E-state index >= 15 is 0 Å². The van der Waals surface area contributed by atoms with Crippen molar-refractivity contribution in [3.63, 3.8) is 0 Å². The van der Waals surface area contributed by atoms with Gasteiger partial charge in [0.15, 0.2) is 5.78 Å². The summed E-state index contributed by atoms with van der Waals surface area (Å²) in [5.74, 6) is 0.117. The van der Waals surface area contributed by atoms with Gasteiger partial charge in [-0.25, -0.2) is 0 Å². The topological polar surface area (TPSA) is 17.1 Å². The van der Waals surface area contributed by atoms with Gasteiger partial charge in [0.05, 0.1) is 0 Å². The molecular formula is C17H14BrClO. The normalized spacial score (nSPS) is 13.3. The molecule has 0 radical (unpaired) electrons. The molecule has 0 saturated carbocycles. The van der Waals surface area contributed by atoms with Gasteiger partial charge in [-0.2, -0.15) is 0 Å². The van der Waals surface area contributed by atoms with Crippen LogP contribution < -0.4 is 0 Å². The van der Waals surface area contributed by atoms with E-state index in [-0.39, 0.29) is 5.78 Å². The molecule has 1 aliphatic rings. The van der Waals surface area contributed by atoms with Crippen LogP contribution in [0.5, 0.6) is 0 Å². The highest BCUT2D eigenvalue weighted by Crippen LogP contribution is 2.25. The molecule has 0 spiro atoms. The van der Waals surface area contributed by atoms with Crippen LogP contribution in [0.3, 0.4) is 0 Å². The highest BCUT2D eigenvalue weighted by Gasteiger charge is 2.14. The smallest absolute Gasteiger partial charge is 0.168 e. The maximum atomic E-state index is 12.4. The molecule has 0 aliphatic heterocycles. The number of aryl methyl sites for hydroxylation is 2. The van der Waals surface area contributed by atoms with Gasteiger partial charge in [0.25, 0.3) is 0 Å². The third-order valence-corrected chi connectivity index (χ3v) is 4.65. The van der Waals surface area contributed by atoms with Crippen LogP contribution in [0.1, 0.15) is 33.5 Å². The van der Waals surface area contributed by atoms with E-state index in [9.17, 15) is 4.79 Å². The van der Waals surface area contributed by atoms with Gasteiger partial charge in [-0.1, -0.05) is 29.8 Å². The zero-order valence-electron chi connectivity index (χ0n) is 11.0. The molecule has 0 atom stereocenters. The van der Waals surface area contributed by atoms with Gasteiger partial charge < -0.3 is 0 Å². The Bertz CT molecular complexity index is 679. The average molecular weight is 350 g/mol. The summed E-state index contributed by atoms with van der Waals surface area (Å²) >= 11 is 9.31. The summed E-state index contributed by atoms with van der Waals surface area (Å²) in [6, 6.07) is 11.7. The molecule has 2 aromatic rings. The monoisotopic (exact) mass is 348 g/mol. The third-order valence-electron chi connectivity index (χ3n) is 3.76. The number of benzene rings is 2. The molecule has 102 valence electrons. The number of carbonyl (C=O) groups excluding carboxylic acids is 1. The number of fused-ring (bicyclic) bond motifs is 1. The van der Waals surface area contributed by atoms with E-state index in [2.05, 4.69) is 34.1 Å². The van der Waals surface area contributed by atoms with Crippen LogP contribution in [0.4, 0.5) is 0 Å². The number of rotatable bonds is 3. The van der Waals surface area contributed by atoms with Gasteiger partial charge in [0, 0.05) is 21.5 Å². The highest BCUT2D eigenvalue weighted by molar-refractivity contribution is 9.10. The van der Waals surface area contributed by atoms with Crippen molar-refractivity contribution in [2.75, 3.05) is 0 Å². The van der Waals surface area contributed by atoms with E-state index in [4.69, 9.17) is 11.6 Å². The fourth-order valence-corrected chi connectivity index (χ4v) is 3.64. The zero-order valence-corrected chi connectivity index (χ0v) is 13.3. The Morgan fingerprint density at radius 2 is 1.90 bits per heavy atom. The molecule has 0 fully saturated rings. The maximum absolute atomic E-state index is 12.4. The Morgan fingerprint density at radius 3 is 2.70 bits per heavy atom. The Hall–Kier alpha value is -1.12. The summed E-state index contributed by atoms with van der Waals surface area (Å²) in [6.45, 7) is 0. The third kappa shape index (κ3) is 2.82. The van der Waals surface area contributed by atoms with Gasteiger partial charge in [0.2, 0.25) is 0 Å². The maximum Gasteiger partial charge on any atom is 0.168 e. The van der Waals surface area contributed by atoms with Crippen molar-refractivity contribution in [3.05, 3.63) is 68.1 Å². The van der Waals surface area contributed by atoms with E-state index < -0.39 is 0 Å². The van der Waals surface area contributed by atoms with Gasteiger partial charge in [-0.15, -0.1) is 0 Å². The predicted octanol–water partition coefficient (Wildman–Crippen LogP) is 5.02. The van der Waals surface area contributed by atoms with Crippen LogP contribution in [0.25, 0.3) is 0 Å². The summed E-state index contributed by atoms with van der Waals surface area (Å²) in [6.07, 6.45) is 3.98. The second-order valence-electron chi connectivity index (χ2n) is 5.18. The fraction of sp³-hybridized carbons (Fsp3) is 0.235. The second-order valence-corrected chi connectivity index (χ2v) is 6.47. The quantitative estimate of drug-likeness (QED) is 0.711. The van der Waals surface area contributed by atoms with Crippen LogP contribution in [-0.4, -0.2) is 5.78 Å². The molecule has 0 aromatic heterocycles. The van der Waals surface area contributed by atoms with Crippen molar-refractivity contribution in [3.8, 4) is 0 Å². The van der Waals surface area contributed by atoms with Crippen LogP contribution in [0.15, 0.2) is 40.9 Å². The lowest BCUT2D eigenvalue weighted by atomic mass is 9.99. The van der Waals surface area contributed by atoms with Crippen molar-refractivity contribution in [1.29, 1.82) is 0 Å². The molecule has 0 N–H and O–H groups in total. The molecule has 2 aromatic carbocycles. The van der Waals surface area contributed by atoms with E-state index in [0.29, 0.717) is 17.0 Å². The first kappa shape index (κ1) is 13.8. The van der Waals surface area contributed by atoms with Crippen molar-refractivity contribution >= 4 is 33.3 Å². The molecule has 3 heteroatoms. The van der Waals surface area contributed by atoms with E-state index in [1.165, 1.54) is 24.0 Å². The molecule has 20 heavy (non-hydrogen) atoms. The summed E-state index contributed by atoms with van der Waals surface area (Å²) in [7, 11) is 0. The minimum Gasteiger partial charge on any atom is -0.294 e. The van der Waals surface area contributed by atoms with Crippen molar-refractivity contribution in [1.82, 2.24) is 0 Å². The van der Waals surface area contributed by atoms with Gasteiger partial charge in [-0.05, 0) is 70.1 Å². The van der Waals surface area contributed by atoms with E-state index in [1.54, 1.807) is 18.2 Å².